The Hall–Kier alpha value is -3.32. The molecule has 0 saturated heterocycles. The van der Waals surface area contributed by atoms with Gasteiger partial charge in [-0.25, -0.2) is 4.79 Å². The Morgan fingerprint density at radius 2 is 1.65 bits per heavy atom. The van der Waals surface area contributed by atoms with E-state index in [0.717, 1.165) is 5.69 Å². The lowest BCUT2D eigenvalue weighted by Gasteiger charge is -2.09. The van der Waals surface area contributed by atoms with Crippen LogP contribution in [0.3, 0.4) is 0 Å². The van der Waals surface area contributed by atoms with E-state index in [9.17, 15) is 14.4 Å². The van der Waals surface area contributed by atoms with E-state index in [1.54, 1.807) is 61.7 Å². The van der Waals surface area contributed by atoms with Crippen molar-refractivity contribution in [1.82, 2.24) is 20.4 Å². The zero-order valence-electron chi connectivity index (χ0n) is 13.7. The van der Waals surface area contributed by atoms with E-state index in [0.29, 0.717) is 11.3 Å². The number of aromatic amines is 1. The average Bonchev–Trinajstić information content (AvgIpc) is 2.98. The van der Waals surface area contributed by atoms with Gasteiger partial charge in [-0.1, -0.05) is 23.7 Å². The van der Waals surface area contributed by atoms with Gasteiger partial charge in [-0.15, -0.1) is 0 Å². The number of halogens is 1. The molecule has 0 spiro atoms. The second-order valence-electron chi connectivity index (χ2n) is 5.51. The molecule has 3 rings (SSSR count). The molecule has 0 aliphatic heterocycles. The van der Waals surface area contributed by atoms with Crippen LogP contribution in [0.25, 0.3) is 5.69 Å². The maximum atomic E-state index is 12.2. The minimum atomic E-state index is -0.518. The first-order valence-electron chi connectivity index (χ1n) is 7.70. The molecule has 1 heterocycles. The lowest BCUT2D eigenvalue weighted by atomic mass is 10.2. The van der Waals surface area contributed by atoms with E-state index >= 15 is 0 Å². The topological polar surface area (TPSA) is 96.0 Å². The Labute approximate surface area is 153 Å². The van der Waals surface area contributed by atoms with Gasteiger partial charge in [0.25, 0.3) is 11.8 Å². The van der Waals surface area contributed by atoms with Crippen LogP contribution in [0, 0.1) is 6.92 Å². The molecule has 0 atom stereocenters. The summed E-state index contributed by atoms with van der Waals surface area (Å²) in [4.78, 5) is 38.6. The van der Waals surface area contributed by atoms with Gasteiger partial charge in [0.1, 0.15) is 0 Å². The quantitative estimate of drug-likeness (QED) is 0.617. The molecule has 8 heteroatoms. The molecule has 2 amide bonds. The van der Waals surface area contributed by atoms with Crippen LogP contribution >= 0.6 is 11.6 Å². The molecule has 0 saturated carbocycles. The number of nitrogens with one attached hydrogen (secondary N) is 3. The van der Waals surface area contributed by atoms with Crippen molar-refractivity contribution < 1.29 is 9.59 Å². The summed E-state index contributed by atoms with van der Waals surface area (Å²) in [7, 11) is 0. The third kappa shape index (κ3) is 3.52. The molecule has 0 unspecified atom stereocenters. The van der Waals surface area contributed by atoms with Crippen molar-refractivity contribution >= 4 is 23.4 Å². The van der Waals surface area contributed by atoms with Crippen LogP contribution in [0.5, 0.6) is 0 Å². The molecule has 0 aliphatic carbocycles. The summed E-state index contributed by atoms with van der Waals surface area (Å²) in [5, 5.41) is 0.288. The molecule has 3 N–H and O–H groups in total. The molecule has 1 aromatic heterocycles. The van der Waals surface area contributed by atoms with Gasteiger partial charge in [0.05, 0.1) is 16.3 Å². The summed E-state index contributed by atoms with van der Waals surface area (Å²) in [5.41, 5.74) is 6.35. The highest BCUT2D eigenvalue weighted by Gasteiger charge is 2.12. The maximum Gasteiger partial charge on any atom is 0.330 e. The average molecular weight is 371 g/mol. The van der Waals surface area contributed by atoms with Crippen LogP contribution in [-0.4, -0.2) is 21.4 Å². The summed E-state index contributed by atoms with van der Waals surface area (Å²) < 4.78 is 1.49. The lowest BCUT2D eigenvalue weighted by molar-refractivity contribution is 0.0847. The normalized spacial score (nSPS) is 10.4. The van der Waals surface area contributed by atoms with Crippen molar-refractivity contribution in [3.63, 3.8) is 0 Å². The van der Waals surface area contributed by atoms with Gasteiger partial charge in [-0.05, 0) is 43.3 Å². The van der Waals surface area contributed by atoms with E-state index in [4.69, 9.17) is 11.6 Å². The zero-order valence-corrected chi connectivity index (χ0v) is 14.5. The van der Waals surface area contributed by atoms with Gasteiger partial charge in [0, 0.05) is 17.5 Å². The molecule has 0 radical (unpaired) electrons. The highest BCUT2D eigenvalue weighted by molar-refractivity contribution is 6.33. The second-order valence-corrected chi connectivity index (χ2v) is 5.91. The second kappa shape index (κ2) is 7.28. The fourth-order valence-corrected chi connectivity index (χ4v) is 2.66. The van der Waals surface area contributed by atoms with Gasteiger partial charge in [0.15, 0.2) is 0 Å². The molecule has 0 aliphatic rings. The number of amides is 2. The van der Waals surface area contributed by atoms with E-state index in [2.05, 4.69) is 15.8 Å². The monoisotopic (exact) mass is 370 g/mol. The van der Waals surface area contributed by atoms with Crippen LogP contribution in [0.1, 0.15) is 26.4 Å². The Morgan fingerprint density at radius 3 is 2.27 bits per heavy atom. The van der Waals surface area contributed by atoms with Crippen molar-refractivity contribution in [2.75, 3.05) is 0 Å². The zero-order chi connectivity index (χ0) is 18.7. The number of benzene rings is 2. The summed E-state index contributed by atoms with van der Waals surface area (Å²) in [6, 6.07) is 12.9. The van der Waals surface area contributed by atoms with Crippen molar-refractivity contribution in [2.24, 2.45) is 0 Å². The van der Waals surface area contributed by atoms with E-state index in [1.165, 1.54) is 4.57 Å². The summed E-state index contributed by atoms with van der Waals surface area (Å²) in [5.74, 6) is -1.01. The molecule has 7 nitrogen and oxygen atoms in total. The highest BCUT2D eigenvalue weighted by Crippen LogP contribution is 2.14. The third-order valence-electron chi connectivity index (χ3n) is 3.76. The summed E-state index contributed by atoms with van der Waals surface area (Å²) in [6.07, 6.45) is 1.60. The number of nitrogens with zero attached hydrogens (tertiary/aromatic N) is 1. The number of aromatic nitrogens is 2. The smallest absolute Gasteiger partial charge is 0.312 e. The van der Waals surface area contributed by atoms with Crippen molar-refractivity contribution in [3.05, 3.63) is 87.1 Å². The van der Waals surface area contributed by atoms with Crippen LogP contribution < -0.4 is 16.5 Å². The minimum Gasteiger partial charge on any atom is -0.312 e. The molecular weight excluding hydrogens is 356 g/mol. The first kappa shape index (κ1) is 17.5. The lowest BCUT2D eigenvalue weighted by Crippen LogP contribution is -2.41. The SMILES string of the molecule is Cc1c[nH]c(=O)n1-c1ccc(C(=O)NNC(=O)c2ccccc2Cl)cc1. The van der Waals surface area contributed by atoms with Crippen molar-refractivity contribution in [1.29, 1.82) is 0 Å². The summed E-state index contributed by atoms with van der Waals surface area (Å²) >= 11 is 5.94. The highest BCUT2D eigenvalue weighted by atomic mass is 35.5. The Kier molecular flexibility index (Phi) is 4.90. The molecule has 0 bridgehead atoms. The standard InChI is InChI=1S/C18H15ClN4O3/c1-11-10-20-18(26)23(11)13-8-6-12(7-9-13)16(24)21-22-17(25)14-4-2-3-5-15(14)19/h2-10H,1H3,(H,20,26)(H,21,24)(H,22,25). The van der Waals surface area contributed by atoms with Crippen LogP contribution in [0.4, 0.5) is 0 Å². The summed E-state index contributed by atoms with van der Waals surface area (Å²) in [6.45, 7) is 1.79. The Balaban J connectivity index is 1.68. The van der Waals surface area contributed by atoms with Crippen LogP contribution in [0.15, 0.2) is 59.5 Å². The van der Waals surface area contributed by atoms with E-state index in [-0.39, 0.29) is 16.3 Å². The maximum absolute atomic E-state index is 12.2. The number of rotatable bonds is 3. The van der Waals surface area contributed by atoms with E-state index in [1.807, 2.05) is 0 Å². The van der Waals surface area contributed by atoms with Gasteiger partial charge in [-0.2, -0.15) is 0 Å². The van der Waals surface area contributed by atoms with Gasteiger partial charge < -0.3 is 4.98 Å². The number of hydrazine groups is 1. The number of carbonyl (C=O) groups excluding carboxylic acids is 2. The minimum absolute atomic E-state index is 0.257. The first-order valence-corrected chi connectivity index (χ1v) is 8.08. The number of hydrogen-bond donors (Lipinski definition) is 3. The Morgan fingerprint density at radius 1 is 1.00 bits per heavy atom. The predicted octanol–water partition coefficient (Wildman–Crippen LogP) is 2.20. The number of H-pyrrole nitrogens is 1. The fourth-order valence-electron chi connectivity index (χ4n) is 2.44. The third-order valence-corrected chi connectivity index (χ3v) is 4.09. The molecular formula is C18H15ClN4O3. The number of imidazole rings is 1. The van der Waals surface area contributed by atoms with Gasteiger partial charge >= 0.3 is 5.69 Å². The number of hydrogen-bond acceptors (Lipinski definition) is 3. The van der Waals surface area contributed by atoms with Gasteiger partial charge in [0.2, 0.25) is 0 Å². The molecule has 3 aromatic rings. The first-order chi connectivity index (χ1) is 12.5. The molecule has 0 fully saturated rings. The number of carbonyl (C=O) groups is 2. The van der Waals surface area contributed by atoms with Crippen LogP contribution in [0.2, 0.25) is 5.02 Å². The van der Waals surface area contributed by atoms with Crippen molar-refractivity contribution in [3.8, 4) is 5.69 Å². The fraction of sp³-hybridized carbons (Fsp3) is 0.0556. The van der Waals surface area contributed by atoms with E-state index < -0.39 is 11.8 Å². The molecule has 26 heavy (non-hydrogen) atoms. The van der Waals surface area contributed by atoms with Crippen molar-refractivity contribution in [2.45, 2.75) is 6.92 Å². The largest absolute Gasteiger partial charge is 0.330 e. The molecule has 2 aromatic carbocycles. The molecule has 132 valence electrons. The predicted molar refractivity (Wildman–Crippen MR) is 97.5 cm³/mol. The number of aryl methyl sites for hydroxylation is 1. The van der Waals surface area contributed by atoms with Crippen LogP contribution in [-0.2, 0) is 0 Å². The van der Waals surface area contributed by atoms with Gasteiger partial charge in [-0.3, -0.25) is 25.0 Å². The Bertz CT molecular complexity index is 1020.